The predicted octanol–water partition coefficient (Wildman–Crippen LogP) is 5.75. The molecule has 0 saturated heterocycles. The van der Waals surface area contributed by atoms with Crippen molar-refractivity contribution in [3.63, 3.8) is 0 Å². The molecule has 0 radical (unpaired) electrons. The Morgan fingerprint density at radius 3 is 1.68 bits per heavy atom. The largest absolute Gasteiger partial charge is 0.447 e. The van der Waals surface area contributed by atoms with Gasteiger partial charge in [0.15, 0.2) is 0 Å². The van der Waals surface area contributed by atoms with Crippen molar-refractivity contribution in [2.45, 2.75) is 12.5 Å². The van der Waals surface area contributed by atoms with Gasteiger partial charge in [-0.05, 0) is 36.4 Å². The van der Waals surface area contributed by atoms with Crippen LogP contribution < -0.4 is 9.96 Å². The van der Waals surface area contributed by atoms with Gasteiger partial charge >= 0.3 is 18.6 Å². The monoisotopic (exact) mass is 432 g/mol. The lowest BCUT2D eigenvalue weighted by molar-refractivity contribution is -0.264. The number of hydroxylamine groups is 1. The third-order valence-corrected chi connectivity index (χ3v) is 4.05. The summed E-state index contributed by atoms with van der Waals surface area (Å²) >= 11 is 0. The first-order valence-electron chi connectivity index (χ1n) is 9.00. The third kappa shape index (κ3) is 5.26. The van der Waals surface area contributed by atoms with Gasteiger partial charge in [0.05, 0.1) is 11.4 Å². The van der Waals surface area contributed by atoms with Gasteiger partial charge in [-0.15, -0.1) is 0 Å². The van der Waals surface area contributed by atoms with Gasteiger partial charge in [0.25, 0.3) is 5.91 Å². The Hall–Kier alpha value is -3.72. The normalized spacial score (nSPS) is 12.1. The van der Waals surface area contributed by atoms with E-state index in [0.29, 0.717) is 4.90 Å². The highest BCUT2D eigenvalue weighted by Gasteiger charge is 2.45. The van der Waals surface area contributed by atoms with Crippen molar-refractivity contribution in [2.24, 2.45) is 0 Å². The number of para-hydroxylation sites is 2. The van der Waals surface area contributed by atoms with Crippen molar-refractivity contribution in [1.29, 1.82) is 0 Å². The highest BCUT2D eigenvalue weighted by atomic mass is 19.4. The molecule has 0 aliphatic rings. The quantitative estimate of drug-likeness (QED) is 0.381. The summed E-state index contributed by atoms with van der Waals surface area (Å²) in [6.07, 6.45) is -9.17. The van der Waals surface area contributed by atoms with Crippen LogP contribution in [0.3, 0.4) is 0 Å². The summed E-state index contributed by atoms with van der Waals surface area (Å²) < 4.78 is 52.2. The smallest absolute Gasteiger partial charge is 0.268 e. The Morgan fingerprint density at radius 2 is 1.19 bits per heavy atom. The van der Waals surface area contributed by atoms with Crippen LogP contribution in [-0.4, -0.2) is 24.5 Å². The highest BCUT2D eigenvalue weighted by Crippen LogP contribution is 2.29. The maximum absolute atomic E-state index is 13.8. The highest BCUT2D eigenvalue weighted by molar-refractivity contribution is 6.23. The molecule has 5 nitrogen and oxygen atoms in total. The first kappa shape index (κ1) is 22.0. The Labute approximate surface area is 175 Å². The molecule has 1 unspecified atom stereocenters. The molecule has 3 aromatic carbocycles. The van der Waals surface area contributed by atoms with E-state index in [2.05, 4.69) is 4.84 Å². The van der Waals surface area contributed by atoms with E-state index in [1.54, 1.807) is 30.3 Å². The van der Waals surface area contributed by atoms with Crippen LogP contribution in [0.25, 0.3) is 0 Å². The van der Waals surface area contributed by atoms with Crippen molar-refractivity contribution in [3.8, 4) is 0 Å². The summed E-state index contributed by atoms with van der Waals surface area (Å²) in [5.74, 6) is -0.830. The zero-order chi connectivity index (χ0) is 22.4. The molecule has 0 fully saturated rings. The zero-order valence-corrected chi connectivity index (χ0v) is 15.9. The molecule has 160 valence electrons. The summed E-state index contributed by atoms with van der Waals surface area (Å²) in [6, 6.07) is 20.8. The van der Waals surface area contributed by atoms with E-state index >= 15 is 0 Å². The van der Waals surface area contributed by atoms with E-state index < -0.39 is 24.5 Å². The topological polar surface area (TPSA) is 49.9 Å². The second-order valence-electron chi connectivity index (χ2n) is 6.22. The first-order chi connectivity index (χ1) is 14.8. The van der Waals surface area contributed by atoms with Crippen molar-refractivity contribution >= 4 is 23.3 Å². The number of urea groups is 1. The Morgan fingerprint density at radius 1 is 0.742 bits per heavy atom. The van der Waals surface area contributed by atoms with Crippen LogP contribution in [0.1, 0.15) is 10.4 Å². The van der Waals surface area contributed by atoms with Gasteiger partial charge in [-0.3, -0.25) is 4.79 Å². The standard InChI is InChI=1S/C22H16F4N2O3/c23-20(22(24,25)26)31-28(18-14-8-3-9-15-18)21(30)27(17-12-6-2-7-13-17)19(29)16-10-4-1-5-11-16/h1-15,20H. The molecule has 1 atom stereocenters. The van der Waals surface area contributed by atoms with Crippen LogP contribution in [0.15, 0.2) is 91.0 Å². The Kier molecular flexibility index (Phi) is 6.66. The molecule has 9 heteroatoms. The average molecular weight is 432 g/mol. The summed E-state index contributed by atoms with van der Waals surface area (Å²) in [5, 5.41) is 0.117. The van der Waals surface area contributed by atoms with E-state index in [9.17, 15) is 27.2 Å². The predicted molar refractivity (Wildman–Crippen MR) is 106 cm³/mol. The minimum Gasteiger partial charge on any atom is -0.268 e. The number of nitrogens with zero attached hydrogens (tertiary/aromatic N) is 2. The van der Waals surface area contributed by atoms with Crippen LogP contribution in [-0.2, 0) is 4.84 Å². The van der Waals surface area contributed by atoms with Crippen LogP contribution >= 0.6 is 0 Å². The molecule has 0 heterocycles. The Bertz CT molecular complexity index is 1020. The van der Waals surface area contributed by atoms with Gasteiger partial charge in [-0.1, -0.05) is 54.6 Å². The third-order valence-electron chi connectivity index (χ3n) is 4.05. The van der Waals surface area contributed by atoms with Gasteiger partial charge in [-0.2, -0.15) is 18.2 Å². The van der Waals surface area contributed by atoms with E-state index in [0.717, 1.165) is 0 Å². The van der Waals surface area contributed by atoms with Gasteiger partial charge in [0, 0.05) is 5.56 Å². The maximum atomic E-state index is 13.8. The first-order valence-corrected chi connectivity index (χ1v) is 9.00. The van der Waals surface area contributed by atoms with Gasteiger partial charge in [0.2, 0.25) is 0 Å². The zero-order valence-electron chi connectivity index (χ0n) is 15.9. The van der Waals surface area contributed by atoms with E-state index in [1.807, 2.05) is 0 Å². The molecule has 0 saturated carbocycles. The summed E-state index contributed by atoms with van der Waals surface area (Å²) in [6.45, 7) is 0. The molecule has 0 aliphatic carbocycles. The number of benzene rings is 3. The van der Waals surface area contributed by atoms with Crippen molar-refractivity contribution < 1.29 is 32.0 Å². The molecule has 3 rings (SSSR count). The maximum Gasteiger partial charge on any atom is 0.447 e. The number of anilines is 2. The number of hydrogen-bond acceptors (Lipinski definition) is 3. The molecule has 0 bridgehead atoms. The van der Waals surface area contributed by atoms with Crippen molar-refractivity contribution in [2.75, 3.05) is 9.96 Å². The van der Waals surface area contributed by atoms with Crippen LogP contribution in [0.4, 0.5) is 33.7 Å². The number of alkyl halides is 4. The molecule has 0 spiro atoms. The molecule has 3 aromatic rings. The number of amides is 3. The fourth-order valence-corrected chi connectivity index (χ4v) is 2.62. The minimum atomic E-state index is -5.38. The molecule has 3 amide bonds. The van der Waals surface area contributed by atoms with Crippen molar-refractivity contribution in [3.05, 3.63) is 96.6 Å². The van der Waals surface area contributed by atoms with Gasteiger partial charge in [0.1, 0.15) is 0 Å². The summed E-state index contributed by atoms with van der Waals surface area (Å²) in [7, 11) is 0. The molecule has 0 aromatic heterocycles. The number of carbonyl (C=O) groups is 2. The van der Waals surface area contributed by atoms with E-state index in [1.165, 1.54) is 60.7 Å². The molecular formula is C22H16F4N2O3. The van der Waals surface area contributed by atoms with Crippen LogP contribution in [0.2, 0.25) is 0 Å². The SMILES string of the molecule is O=C(c1ccccc1)N(C(=O)N(OC(F)C(F)(F)F)c1ccccc1)c1ccccc1. The summed E-state index contributed by atoms with van der Waals surface area (Å²) in [5.41, 5.74) is -0.0326. The number of rotatable bonds is 5. The number of halogens is 4. The molecule has 31 heavy (non-hydrogen) atoms. The molecule has 0 aliphatic heterocycles. The second kappa shape index (κ2) is 9.40. The lowest BCUT2D eigenvalue weighted by Gasteiger charge is -2.30. The Balaban J connectivity index is 2.06. The van der Waals surface area contributed by atoms with Crippen LogP contribution in [0, 0.1) is 0 Å². The number of hydrogen-bond donors (Lipinski definition) is 0. The average Bonchev–Trinajstić information content (AvgIpc) is 2.78. The summed E-state index contributed by atoms with van der Waals surface area (Å²) in [4.78, 5) is 31.4. The minimum absolute atomic E-state index is 0.0632. The lowest BCUT2D eigenvalue weighted by Crippen LogP contribution is -2.49. The fraction of sp³-hybridized carbons (Fsp3) is 0.0909. The fourth-order valence-electron chi connectivity index (χ4n) is 2.62. The van der Waals surface area contributed by atoms with Crippen molar-refractivity contribution in [1.82, 2.24) is 0 Å². The van der Waals surface area contributed by atoms with Gasteiger partial charge < -0.3 is 0 Å². The molecular weight excluding hydrogens is 416 g/mol. The number of imide groups is 1. The number of carbonyl (C=O) groups excluding carboxylic acids is 2. The van der Waals surface area contributed by atoms with E-state index in [4.69, 9.17) is 0 Å². The van der Waals surface area contributed by atoms with Crippen LogP contribution in [0.5, 0.6) is 0 Å². The van der Waals surface area contributed by atoms with Gasteiger partial charge in [-0.25, -0.2) is 18.9 Å². The second-order valence-corrected chi connectivity index (χ2v) is 6.22. The lowest BCUT2D eigenvalue weighted by atomic mass is 10.2. The van der Waals surface area contributed by atoms with E-state index in [-0.39, 0.29) is 22.0 Å². The molecule has 0 N–H and O–H groups in total.